The second-order valence-electron chi connectivity index (χ2n) is 9.41. The van der Waals surface area contributed by atoms with Gasteiger partial charge in [0.2, 0.25) is 0 Å². The molecule has 0 radical (unpaired) electrons. The number of aryl methyl sites for hydroxylation is 1. The summed E-state index contributed by atoms with van der Waals surface area (Å²) in [6.07, 6.45) is 11.0. The predicted molar refractivity (Wildman–Crippen MR) is 150 cm³/mol. The van der Waals surface area contributed by atoms with Crippen molar-refractivity contribution in [2.24, 2.45) is 0 Å². The van der Waals surface area contributed by atoms with Crippen molar-refractivity contribution in [1.82, 2.24) is 0 Å². The lowest BCUT2D eigenvalue weighted by molar-refractivity contribution is 0.133. The Labute approximate surface area is 212 Å². The summed E-state index contributed by atoms with van der Waals surface area (Å²) in [6, 6.07) is 23.9. The summed E-state index contributed by atoms with van der Waals surface area (Å²) < 4.78 is 7.22. The largest absolute Gasteiger partial charge is 0.472 e. The fraction of sp³-hybridized carbons (Fsp3) is 0.353. The Morgan fingerprint density at radius 2 is 1.34 bits per heavy atom. The molecule has 0 saturated carbocycles. The number of benzene rings is 3. The van der Waals surface area contributed by atoms with Crippen LogP contribution < -0.4 is 0 Å². The summed E-state index contributed by atoms with van der Waals surface area (Å²) in [5.41, 5.74) is 10.2. The molecule has 35 heavy (non-hydrogen) atoms. The molecule has 1 atom stereocenters. The van der Waals surface area contributed by atoms with Crippen LogP contribution in [0.2, 0.25) is 0 Å². The zero-order valence-corrected chi connectivity index (χ0v) is 22.2. The van der Waals surface area contributed by atoms with Gasteiger partial charge in [-0.05, 0) is 60.4 Å². The molecule has 3 aromatic carbocycles. The number of ether oxygens (including phenoxy) is 1. The lowest BCUT2D eigenvalue weighted by Crippen LogP contribution is -2.32. The fourth-order valence-corrected chi connectivity index (χ4v) is 5.80. The number of hydrogen-bond donors (Lipinski definition) is 0. The molecule has 1 heteroatoms. The molecule has 0 amide bonds. The minimum absolute atomic E-state index is 0.646. The summed E-state index contributed by atoms with van der Waals surface area (Å²) in [4.78, 5) is 0. The fourth-order valence-electron chi connectivity index (χ4n) is 5.80. The lowest BCUT2D eigenvalue weighted by atomic mass is 9.74. The van der Waals surface area contributed by atoms with E-state index in [1.54, 1.807) is 0 Å². The molecule has 1 heterocycles. The molecule has 0 bridgehead atoms. The van der Waals surface area contributed by atoms with Crippen LogP contribution >= 0.6 is 0 Å². The molecule has 0 aliphatic carbocycles. The number of allylic oxidation sites excluding steroid dienone is 1. The molecular formula is C34H40O. The van der Waals surface area contributed by atoms with Crippen LogP contribution in [-0.4, -0.2) is 0 Å². The molecule has 1 nitrogen and oxygen atoms in total. The Kier molecular flexibility index (Phi) is 7.96. The monoisotopic (exact) mass is 464 g/mol. The predicted octanol–water partition coefficient (Wildman–Crippen LogP) is 8.98. The first-order valence-electron chi connectivity index (χ1n) is 13.5. The Morgan fingerprint density at radius 1 is 0.714 bits per heavy atom. The van der Waals surface area contributed by atoms with Gasteiger partial charge in [0.25, 0.3) is 0 Å². The first-order chi connectivity index (χ1) is 17.1. The second-order valence-corrected chi connectivity index (χ2v) is 9.41. The number of unbranched alkanes of at least 4 members (excludes halogenated alkanes) is 1. The maximum Gasteiger partial charge on any atom is 0.184 e. The molecule has 3 aromatic rings. The van der Waals surface area contributed by atoms with E-state index < -0.39 is 5.60 Å². The average molecular weight is 465 g/mol. The van der Waals surface area contributed by atoms with Crippen LogP contribution in [-0.2, 0) is 36.0 Å². The number of hydrogen-bond acceptors (Lipinski definition) is 1. The molecular weight excluding hydrogens is 424 g/mol. The molecule has 0 N–H and O–H groups in total. The van der Waals surface area contributed by atoms with E-state index >= 15 is 0 Å². The van der Waals surface area contributed by atoms with Gasteiger partial charge in [-0.2, -0.15) is 0 Å². The van der Waals surface area contributed by atoms with Gasteiger partial charge in [0.05, 0.1) is 0 Å². The maximum absolute atomic E-state index is 7.22. The van der Waals surface area contributed by atoms with E-state index in [1.807, 2.05) is 0 Å². The van der Waals surface area contributed by atoms with Gasteiger partial charge in [0, 0.05) is 22.3 Å². The highest BCUT2D eigenvalue weighted by Crippen LogP contribution is 2.52. The van der Waals surface area contributed by atoms with Gasteiger partial charge in [-0.1, -0.05) is 114 Å². The first-order valence-corrected chi connectivity index (χ1v) is 13.5. The molecule has 0 fully saturated rings. The zero-order chi connectivity index (χ0) is 24.8. The minimum atomic E-state index is -0.646. The first kappa shape index (κ1) is 25.0. The summed E-state index contributed by atoms with van der Waals surface area (Å²) in [7, 11) is 0. The van der Waals surface area contributed by atoms with Gasteiger partial charge < -0.3 is 4.74 Å². The summed E-state index contributed by atoms with van der Waals surface area (Å²) in [6.45, 7) is 11.4. The van der Waals surface area contributed by atoms with E-state index in [0.29, 0.717) is 0 Å². The third-order valence-electron chi connectivity index (χ3n) is 7.43. The van der Waals surface area contributed by atoms with Crippen LogP contribution in [0.15, 0.2) is 84.5 Å². The quantitative estimate of drug-likeness (QED) is 0.307. The van der Waals surface area contributed by atoms with Crippen molar-refractivity contribution >= 4 is 5.76 Å². The molecule has 0 aromatic heterocycles. The minimum Gasteiger partial charge on any atom is -0.472 e. The lowest BCUT2D eigenvalue weighted by Gasteiger charge is -2.36. The Balaban J connectivity index is 2.08. The molecule has 1 aliphatic heterocycles. The van der Waals surface area contributed by atoms with E-state index in [0.717, 1.165) is 49.8 Å². The van der Waals surface area contributed by atoms with Gasteiger partial charge in [0.15, 0.2) is 5.60 Å². The van der Waals surface area contributed by atoms with Crippen LogP contribution in [0.1, 0.15) is 86.4 Å². The normalized spacial score (nSPS) is 18.5. The van der Waals surface area contributed by atoms with Gasteiger partial charge >= 0.3 is 0 Å². The zero-order valence-electron chi connectivity index (χ0n) is 22.2. The second kappa shape index (κ2) is 11.1. The van der Waals surface area contributed by atoms with Crippen molar-refractivity contribution in [3.8, 4) is 0 Å². The molecule has 0 saturated heterocycles. The maximum atomic E-state index is 7.22. The van der Waals surface area contributed by atoms with Gasteiger partial charge in [-0.25, -0.2) is 0 Å². The Bertz CT molecular complexity index is 1200. The van der Waals surface area contributed by atoms with Crippen molar-refractivity contribution in [2.45, 2.75) is 78.7 Å². The van der Waals surface area contributed by atoms with Crippen molar-refractivity contribution in [1.29, 1.82) is 0 Å². The van der Waals surface area contributed by atoms with Crippen molar-refractivity contribution in [3.63, 3.8) is 0 Å². The Hall–Kier alpha value is -3.06. The van der Waals surface area contributed by atoms with Crippen molar-refractivity contribution in [2.75, 3.05) is 0 Å². The third-order valence-corrected chi connectivity index (χ3v) is 7.43. The summed E-state index contributed by atoms with van der Waals surface area (Å²) >= 11 is 0. The van der Waals surface area contributed by atoms with Crippen LogP contribution in [0.3, 0.4) is 0 Å². The standard InChI is InChI=1S/C34H40O/c1-6-11-20-28-24-33(26-18-14-12-15-19-26)35-34(28,27-21-16-13-17-22-27)32-23-25(7-2)29(8-3)30(9-4)31(32)10-5/h12-24H,6-11H2,1-5H3/b28-20+. The highest BCUT2D eigenvalue weighted by molar-refractivity contribution is 5.72. The Morgan fingerprint density at radius 3 is 1.91 bits per heavy atom. The van der Waals surface area contributed by atoms with Crippen molar-refractivity contribution in [3.05, 3.63) is 123 Å². The van der Waals surface area contributed by atoms with E-state index in [4.69, 9.17) is 4.74 Å². The number of rotatable bonds is 9. The van der Waals surface area contributed by atoms with E-state index in [2.05, 4.69) is 114 Å². The highest BCUT2D eigenvalue weighted by Gasteiger charge is 2.46. The SMILES string of the molecule is CCC/C=C1\C=C(c2ccccc2)OC1(c1ccccc1)c1cc(CC)c(CC)c(CC)c1CC. The third kappa shape index (κ3) is 4.49. The van der Waals surface area contributed by atoms with Crippen molar-refractivity contribution < 1.29 is 4.74 Å². The van der Waals surface area contributed by atoms with Gasteiger partial charge in [0.1, 0.15) is 5.76 Å². The highest BCUT2D eigenvalue weighted by atomic mass is 16.5. The molecule has 1 aliphatic rings. The van der Waals surface area contributed by atoms with Crippen LogP contribution in [0.5, 0.6) is 0 Å². The molecule has 1 unspecified atom stereocenters. The van der Waals surface area contributed by atoms with E-state index in [-0.39, 0.29) is 0 Å². The molecule has 182 valence electrons. The smallest absolute Gasteiger partial charge is 0.184 e. The van der Waals surface area contributed by atoms with E-state index in [9.17, 15) is 0 Å². The van der Waals surface area contributed by atoms with E-state index in [1.165, 1.54) is 39.0 Å². The molecule has 0 spiro atoms. The van der Waals surface area contributed by atoms with Crippen LogP contribution in [0.25, 0.3) is 5.76 Å². The van der Waals surface area contributed by atoms with Crippen LogP contribution in [0.4, 0.5) is 0 Å². The summed E-state index contributed by atoms with van der Waals surface area (Å²) in [5, 5.41) is 0. The van der Waals surface area contributed by atoms with Gasteiger partial charge in [-0.15, -0.1) is 0 Å². The average Bonchev–Trinajstić information content (AvgIpc) is 3.31. The van der Waals surface area contributed by atoms with Gasteiger partial charge in [-0.3, -0.25) is 0 Å². The van der Waals surface area contributed by atoms with Crippen LogP contribution in [0, 0.1) is 0 Å². The molecule has 4 rings (SSSR count). The topological polar surface area (TPSA) is 9.23 Å². The summed E-state index contributed by atoms with van der Waals surface area (Å²) in [5.74, 6) is 0.953.